The highest BCUT2D eigenvalue weighted by atomic mass is 32.2. The van der Waals surface area contributed by atoms with E-state index in [0.717, 1.165) is 9.87 Å². The van der Waals surface area contributed by atoms with Gasteiger partial charge in [0.2, 0.25) is 15.9 Å². The number of anilines is 1. The molecule has 6 nitrogen and oxygen atoms in total. The first-order valence-electron chi connectivity index (χ1n) is 9.95. The van der Waals surface area contributed by atoms with Gasteiger partial charge in [0.1, 0.15) is 0 Å². The van der Waals surface area contributed by atoms with Gasteiger partial charge in [-0.25, -0.2) is 12.7 Å². The quantitative estimate of drug-likeness (QED) is 0.726. The van der Waals surface area contributed by atoms with Crippen LogP contribution in [0, 0.1) is 0 Å². The van der Waals surface area contributed by atoms with Crippen LogP contribution in [0.4, 0.5) is 5.69 Å². The number of nitrogens with zero attached hydrogens (tertiary/aromatic N) is 2. The van der Waals surface area contributed by atoms with Gasteiger partial charge in [-0.1, -0.05) is 51.1 Å². The lowest BCUT2D eigenvalue weighted by atomic mass is 9.87. The number of carbonyl (C=O) groups is 1. The van der Waals surface area contributed by atoms with Crippen molar-refractivity contribution >= 4 is 21.6 Å². The number of benzene rings is 2. The van der Waals surface area contributed by atoms with Gasteiger partial charge in [0.05, 0.1) is 10.9 Å². The van der Waals surface area contributed by atoms with E-state index in [0.29, 0.717) is 12.2 Å². The fourth-order valence-corrected chi connectivity index (χ4v) is 3.88. The molecule has 0 spiro atoms. The zero-order chi connectivity index (χ0) is 22.7. The molecule has 0 radical (unpaired) electrons. The summed E-state index contributed by atoms with van der Waals surface area (Å²) in [6, 6.07) is 14.4. The molecular weight excluding hydrogens is 398 g/mol. The Labute approximate surface area is 180 Å². The first-order chi connectivity index (χ1) is 13.8. The predicted octanol–water partition coefficient (Wildman–Crippen LogP) is 3.69. The third-order valence-corrected chi connectivity index (χ3v) is 6.98. The van der Waals surface area contributed by atoms with Crippen LogP contribution in [0.2, 0.25) is 0 Å². The van der Waals surface area contributed by atoms with Crippen LogP contribution in [0.3, 0.4) is 0 Å². The average molecular weight is 432 g/mol. The summed E-state index contributed by atoms with van der Waals surface area (Å²) in [6.45, 7) is 9.01. The van der Waals surface area contributed by atoms with Gasteiger partial charge in [-0.15, -0.1) is 0 Å². The van der Waals surface area contributed by atoms with Gasteiger partial charge < -0.3 is 5.32 Å². The Morgan fingerprint density at radius 1 is 1.03 bits per heavy atom. The van der Waals surface area contributed by atoms with Gasteiger partial charge in [-0.3, -0.25) is 9.69 Å². The second kappa shape index (κ2) is 9.29. The van der Waals surface area contributed by atoms with E-state index < -0.39 is 10.0 Å². The van der Waals surface area contributed by atoms with E-state index in [2.05, 4.69) is 50.4 Å². The predicted molar refractivity (Wildman–Crippen MR) is 122 cm³/mol. The van der Waals surface area contributed by atoms with Crippen molar-refractivity contribution < 1.29 is 13.2 Å². The smallest absolute Gasteiger partial charge is 0.242 e. The summed E-state index contributed by atoms with van der Waals surface area (Å²) in [5.74, 6) is -0.191. The lowest BCUT2D eigenvalue weighted by Gasteiger charge is -2.25. The minimum absolute atomic E-state index is 0.103. The zero-order valence-electron chi connectivity index (χ0n) is 18.9. The summed E-state index contributed by atoms with van der Waals surface area (Å²) in [5.41, 5.74) is 2.96. The summed E-state index contributed by atoms with van der Waals surface area (Å²) < 4.78 is 25.8. The highest BCUT2D eigenvalue weighted by molar-refractivity contribution is 7.89. The SMILES string of the molecule is C[C@@H](C(=O)Nc1cccc(S(=O)(=O)N(C)C)c1)N(C)Cc1ccc(C(C)(C)C)cc1. The van der Waals surface area contributed by atoms with Crippen LogP contribution in [-0.4, -0.2) is 50.7 Å². The van der Waals surface area contributed by atoms with E-state index in [1.165, 1.54) is 31.8 Å². The molecule has 2 aromatic rings. The minimum Gasteiger partial charge on any atom is -0.325 e. The summed E-state index contributed by atoms with van der Waals surface area (Å²) >= 11 is 0. The summed E-state index contributed by atoms with van der Waals surface area (Å²) in [4.78, 5) is 14.8. The molecule has 0 saturated heterocycles. The van der Waals surface area contributed by atoms with Crippen LogP contribution >= 0.6 is 0 Å². The van der Waals surface area contributed by atoms with E-state index >= 15 is 0 Å². The molecule has 0 aromatic heterocycles. The molecular formula is C23H33N3O3S. The summed E-state index contributed by atoms with van der Waals surface area (Å²) in [6.07, 6.45) is 0. The largest absolute Gasteiger partial charge is 0.325 e. The molecule has 2 rings (SSSR count). The molecule has 0 saturated carbocycles. The molecule has 0 aliphatic carbocycles. The van der Waals surface area contributed by atoms with Crippen LogP contribution < -0.4 is 5.32 Å². The van der Waals surface area contributed by atoms with Crippen LogP contribution in [0.25, 0.3) is 0 Å². The average Bonchev–Trinajstić information content (AvgIpc) is 2.67. The van der Waals surface area contributed by atoms with Gasteiger partial charge >= 0.3 is 0 Å². The summed E-state index contributed by atoms with van der Waals surface area (Å²) in [5, 5.41) is 2.83. The molecule has 0 fully saturated rings. The molecule has 1 amide bonds. The topological polar surface area (TPSA) is 69.7 Å². The molecule has 0 aliphatic heterocycles. The Morgan fingerprint density at radius 3 is 2.17 bits per heavy atom. The molecule has 164 valence electrons. The summed E-state index contributed by atoms with van der Waals surface area (Å²) in [7, 11) is 1.30. The van der Waals surface area contributed by atoms with Crippen LogP contribution in [0.1, 0.15) is 38.8 Å². The lowest BCUT2D eigenvalue weighted by Crippen LogP contribution is -2.39. The third kappa shape index (κ3) is 5.90. The van der Waals surface area contributed by atoms with E-state index in [9.17, 15) is 13.2 Å². The van der Waals surface area contributed by atoms with Gasteiger partial charge in [-0.2, -0.15) is 0 Å². The second-order valence-electron chi connectivity index (χ2n) is 8.84. The standard InChI is InChI=1S/C23H33N3O3S/c1-17(26(7)16-18-11-13-19(14-12-18)23(2,3)4)22(27)24-20-9-8-10-21(15-20)30(28,29)25(5)6/h8-15,17H,16H2,1-7H3,(H,24,27)/t17-/m0/s1. The Hall–Kier alpha value is -2.22. The minimum atomic E-state index is -3.56. The van der Waals surface area contributed by atoms with E-state index in [-0.39, 0.29) is 22.3 Å². The van der Waals surface area contributed by atoms with Crippen molar-refractivity contribution in [3.8, 4) is 0 Å². The molecule has 0 aliphatic rings. The number of hydrogen-bond acceptors (Lipinski definition) is 4. The molecule has 7 heteroatoms. The fraction of sp³-hybridized carbons (Fsp3) is 0.435. The van der Waals surface area contributed by atoms with Crippen molar-refractivity contribution in [2.75, 3.05) is 26.5 Å². The van der Waals surface area contributed by atoms with E-state index in [4.69, 9.17) is 0 Å². The maximum absolute atomic E-state index is 12.7. The fourth-order valence-electron chi connectivity index (χ4n) is 2.93. The monoisotopic (exact) mass is 431 g/mol. The van der Waals surface area contributed by atoms with Crippen LogP contribution in [0.15, 0.2) is 53.4 Å². The lowest BCUT2D eigenvalue weighted by molar-refractivity contribution is -0.120. The van der Waals surface area contributed by atoms with Crippen molar-refractivity contribution in [3.63, 3.8) is 0 Å². The van der Waals surface area contributed by atoms with Gasteiger partial charge in [-0.05, 0) is 48.7 Å². The van der Waals surface area contributed by atoms with Gasteiger partial charge in [0.25, 0.3) is 0 Å². The first kappa shape index (κ1) is 24.1. The number of likely N-dealkylation sites (N-methyl/N-ethyl adjacent to an activating group) is 1. The molecule has 1 N–H and O–H groups in total. The highest BCUT2D eigenvalue weighted by Gasteiger charge is 2.21. The normalized spacial score (nSPS) is 13.5. The molecule has 2 aromatic carbocycles. The Balaban J connectivity index is 2.05. The number of nitrogens with one attached hydrogen (secondary N) is 1. The second-order valence-corrected chi connectivity index (χ2v) is 11.0. The van der Waals surface area contributed by atoms with Gasteiger partial charge in [0, 0.05) is 26.3 Å². The number of carbonyl (C=O) groups excluding carboxylic acids is 1. The molecule has 0 bridgehead atoms. The van der Waals surface area contributed by atoms with Crippen molar-refractivity contribution in [3.05, 3.63) is 59.7 Å². The Bertz CT molecular complexity index is 977. The van der Waals surface area contributed by atoms with Crippen molar-refractivity contribution in [2.24, 2.45) is 0 Å². The van der Waals surface area contributed by atoms with E-state index in [1.54, 1.807) is 12.1 Å². The third-order valence-electron chi connectivity index (χ3n) is 5.17. The molecule has 1 atom stereocenters. The molecule has 0 unspecified atom stereocenters. The number of sulfonamides is 1. The maximum atomic E-state index is 12.7. The number of rotatable bonds is 7. The first-order valence-corrected chi connectivity index (χ1v) is 11.4. The molecule has 30 heavy (non-hydrogen) atoms. The Morgan fingerprint density at radius 2 is 1.63 bits per heavy atom. The van der Waals surface area contributed by atoms with Crippen LogP contribution in [-0.2, 0) is 26.8 Å². The Kier molecular flexibility index (Phi) is 7.45. The van der Waals surface area contributed by atoms with Crippen molar-refractivity contribution in [1.82, 2.24) is 9.21 Å². The van der Waals surface area contributed by atoms with Crippen molar-refractivity contribution in [2.45, 2.75) is 50.6 Å². The zero-order valence-corrected chi connectivity index (χ0v) is 19.7. The maximum Gasteiger partial charge on any atom is 0.242 e. The van der Waals surface area contributed by atoms with Crippen LogP contribution in [0.5, 0.6) is 0 Å². The highest BCUT2D eigenvalue weighted by Crippen LogP contribution is 2.23. The van der Waals surface area contributed by atoms with Crippen molar-refractivity contribution in [1.29, 1.82) is 0 Å². The van der Waals surface area contributed by atoms with E-state index in [1.807, 2.05) is 18.9 Å². The molecule has 0 heterocycles. The number of amides is 1. The van der Waals surface area contributed by atoms with Gasteiger partial charge in [0.15, 0.2) is 0 Å². The number of hydrogen-bond donors (Lipinski definition) is 1.